The van der Waals surface area contributed by atoms with E-state index in [9.17, 15) is 14.4 Å². The lowest BCUT2D eigenvalue weighted by Crippen LogP contribution is -2.72. The Hall–Kier alpha value is -2.95. The molecule has 2 aromatic carbocycles. The van der Waals surface area contributed by atoms with Crippen LogP contribution in [0.1, 0.15) is 68.3 Å². The number of aryl methyl sites for hydroxylation is 1. The molecule has 47 heavy (non-hydrogen) atoms. The third-order valence-electron chi connectivity index (χ3n) is 9.89. The van der Waals surface area contributed by atoms with Gasteiger partial charge in [0.05, 0.1) is 34.9 Å². The number of likely N-dealkylation sites (tertiary alicyclic amines) is 2. The average Bonchev–Trinajstić information content (AvgIpc) is 3.70. The molecule has 1 saturated carbocycles. The van der Waals surface area contributed by atoms with Crippen LogP contribution in [0.2, 0.25) is 10.0 Å². The summed E-state index contributed by atoms with van der Waals surface area (Å²) in [5, 5.41) is 4.40. The highest BCUT2D eigenvalue weighted by atomic mass is 35.5. The number of rotatable bonds is 11. The number of ketones is 1. The number of benzene rings is 2. The fourth-order valence-corrected chi connectivity index (χ4v) is 7.93. The number of carbonyl (C=O) groups is 3. The number of hydrogen-bond acceptors (Lipinski definition) is 7. The number of esters is 1. The molecular formula is C36H44Cl2N4O5. The summed E-state index contributed by atoms with van der Waals surface area (Å²) in [4.78, 5) is 44.8. The molecule has 3 aliphatic rings. The van der Waals surface area contributed by atoms with E-state index in [1.807, 2.05) is 42.8 Å². The van der Waals surface area contributed by atoms with Crippen molar-refractivity contribution in [1.29, 1.82) is 0 Å². The van der Waals surface area contributed by atoms with E-state index in [0.717, 1.165) is 49.9 Å². The normalized spacial score (nSPS) is 22.1. The van der Waals surface area contributed by atoms with Gasteiger partial charge in [0, 0.05) is 61.8 Å². The van der Waals surface area contributed by atoms with Crippen LogP contribution in [0.15, 0.2) is 42.6 Å². The Bertz CT molecular complexity index is 1640. The summed E-state index contributed by atoms with van der Waals surface area (Å²) in [7, 11) is 1.90. The van der Waals surface area contributed by atoms with Crippen LogP contribution in [-0.4, -0.2) is 76.8 Å². The van der Waals surface area contributed by atoms with Gasteiger partial charge in [0.1, 0.15) is 0 Å². The molecule has 9 nitrogen and oxygen atoms in total. The van der Waals surface area contributed by atoms with Crippen LogP contribution in [0.25, 0.3) is 10.9 Å². The largest absolute Gasteiger partial charge is 0.466 e. The number of Topliss-reactive ketones (excluding diaryl/α,β-unsaturated/α-hetero) is 1. The van der Waals surface area contributed by atoms with Gasteiger partial charge in [-0.1, -0.05) is 48.3 Å². The molecule has 3 fully saturated rings. The molecule has 1 unspecified atom stereocenters. The first kappa shape index (κ1) is 33.9. The number of aromatic nitrogens is 1. The summed E-state index contributed by atoms with van der Waals surface area (Å²) < 4.78 is 14.2. The van der Waals surface area contributed by atoms with Gasteiger partial charge in [-0.25, -0.2) is 0 Å². The zero-order chi connectivity index (χ0) is 33.3. The molecule has 1 N–H and O–H groups in total. The standard InChI is InChI=1S/C36H44Cl2N4O5/c1-4-46-35(45)24-11-13-26(14-12-24)47-36(41-15-7-8-16-41,42-20-23(2)21-42)33(43)18-25-17-30(38)31(19-29(25)37)39-34(44)28-22-40(3)32-10-6-5-9-27(28)32/h5-6,9-10,17,19,22-24,26H,4,7-8,11-16,18,20-21H2,1-3H3,(H,39,44). The number of fused-ring (bicyclic) bond motifs is 1. The number of halogens is 2. The van der Waals surface area contributed by atoms with Gasteiger partial charge < -0.3 is 19.4 Å². The van der Waals surface area contributed by atoms with Crippen LogP contribution in [0.5, 0.6) is 0 Å². The van der Waals surface area contributed by atoms with Crippen molar-refractivity contribution in [3.05, 3.63) is 63.8 Å². The number of para-hydroxylation sites is 1. The molecule has 1 atom stereocenters. The molecule has 11 heteroatoms. The number of nitrogens with one attached hydrogen (secondary N) is 1. The van der Waals surface area contributed by atoms with Gasteiger partial charge in [0.25, 0.3) is 5.91 Å². The Kier molecular flexibility index (Phi) is 10.3. The van der Waals surface area contributed by atoms with Crippen LogP contribution in [0.3, 0.4) is 0 Å². The smallest absolute Gasteiger partial charge is 0.308 e. The van der Waals surface area contributed by atoms with Crippen molar-refractivity contribution in [2.75, 3.05) is 38.1 Å². The van der Waals surface area contributed by atoms with Crippen molar-refractivity contribution in [3.63, 3.8) is 0 Å². The highest BCUT2D eigenvalue weighted by molar-refractivity contribution is 6.36. The van der Waals surface area contributed by atoms with E-state index in [-0.39, 0.29) is 36.1 Å². The van der Waals surface area contributed by atoms with Gasteiger partial charge in [-0.05, 0) is 75.1 Å². The molecule has 252 valence electrons. The molecule has 0 radical (unpaired) electrons. The molecule has 2 saturated heterocycles. The van der Waals surface area contributed by atoms with E-state index >= 15 is 0 Å². The van der Waals surface area contributed by atoms with Gasteiger partial charge in [-0.15, -0.1) is 0 Å². The molecule has 6 rings (SSSR count). The topological polar surface area (TPSA) is 93.1 Å². The van der Waals surface area contributed by atoms with Gasteiger partial charge in [-0.3, -0.25) is 24.2 Å². The zero-order valence-corrected chi connectivity index (χ0v) is 28.9. The third-order valence-corrected chi connectivity index (χ3v) is 10.6. The quantitative estimate of drug-likeness (QED) is 0.225. The fourth-order valence-electron chi connectivity index (χ4n) is 7.46. The number of anilines is 1. The summed E-state index contributed by atoms with van der Waals surface area (Å²) in [6.45, 7) is 7.43. The zero-order valence-electron chi connectivity index (χ0n) is 27.4. The Labute approximate surface area is 286 Å². The predicted octanol–water partition coefficient (Wildman–Crippen LogP) is 6.69. The van der Waals surface area contributed by atoms with E-state index in [2.05, 4.69) is 22.0 Å². The number of carbonyl (C=O) groups excluding carboxylic acids is 3. The number of amides is 1. The predicted molar refractivity (Wildman–Crippen MR) is 184 cm³/mol. The second kappa shape index (κ2) is 14.3. The van der Waals surface area contributed by atoms with Crippen molar-refractivity contribution >= 4 is 57.5 Å². The molecular weight excluding hydrogens is 639 g/mol. The minimum atomic E-state index is -1.22. The molecule has 3 heterocycles. The summed E-state index contributed by atoms with van der Waals surface area (Å²) in [6, 6.07) is 11.0. The van der Waals surface area contributed by atoms with Gasteiger partial charge in [0.2, 0.25) is 5.85 Å². The van der Waals surface area contributed by atoms with Gasteiger partial charge in [0.15, 0.2) is 5.78 Å². The fraction of sp³-hybridized carbons (Fsp3) is 0.528. The summed E-state index contributed by atoms with van der Waals surface area (Å²) in [6.07, 6.45) is 6.38. The van der Waals surface area contributed by atoms with Crippen molar-refractivity contribution in [3.8, 4) is 0 Å². The second-order valence-electron chi connectivity index (χ2n) is 13.3. The van der Waals surface area contributed by atoms with E-state index in [4.69, 9.17) is 32.7 Å². The first-order valence-electron chi connectivity index (χ1n) is 16.8. The summed E-state index contributed by atoms with van der Waals surface area (Å²) >= 11 is 13.6. The number of ether oxygens (including phenoxy) is 2. The Morgan fingerprint density at radius 2 is 1.68 bits per heavy atom. The Morgan fingerprint density at radius 1 is 0.979 bits per heavy atom. The number of hydrogen-bond donors (Lipinski definition) is 1. The molecule has 1 aliphatic carbocycles. The van der Waals surface area contributed by atoms with Crippen LogP contribution in [-0.2, 0) is 32.5 Å². The molecule has 1 aromatic heterocycles. The van der Waals surface area contributed by atoms with Crippen LogP contribution >= 0.6 is 23.2 Å². The monoisotopic (exact) mass is 682 g/mol. The van der Waals surface area contributed by atoms with Crippen molar-refractivity contribution in [2.24, 2.45) is 18.9 Å². The second-order valence-corrected chi connectivity index (χ2v) is 14.1. The first-order chi connectivity index (χ1) is 22.6. The van der Waals surface area contributed by atoms with Gasteiger partial charge >= 0.3 is 5.97 Å². The minimum Gasteiger partial charge on any atom is -0.466 e. The summed E-state index contributed by atoms with van der Waals surface area (Å²) in [5.41, 5.74) is 2.43. The molecule has 3 aromatic rings. The van der Waals surface area contributed by atoms with Crippen LogP contribution in [0.4, 0.5) is 5.69 Å². The van der Waals surface area contributed by atoms with Gasteiger partial charge in [-0.2, -0.15) is 0 Å². The lowest BCUT2D eigenvalue weighted by atomic mass is 9.87. The molecule has 0 bridgehead atoms. The molecule has 1 amide bonds. The SMILES string of the molecule is CCOC(=O)C1CCC(OC(C(=O)Cc2cc(Cl)c(NC(=O)c3cn(C)c4ccccc34)cc2Cl)(N2CCCC2)N2CC(C)C2)CC1. The van der Waals surface area contributed by atoms with E-state index < -0.39 is 5.85 Å². The van der Waals surface area contributed by atoms with Crippen molar-refractivity contribution in [2.45, 2.75) is 70.7 Å². The maximum atomic E-state index is 14.7. The average molecular weight is 684 g/mol. The highest BCUT2D eigenvalue weighted by Crippen LogP contribution is 2.40. The third kappa shape index (κ3) is 6.83. The van der Waals surface area contributed by atoms with E-state index in [1.165, 1.54) is 0 Å². The molecule has 0 spiro atoms. The first-order valence-corrected chi connectivity index (χ1v) is 17.6. The highest BCUT2D eigenvalue weighted by Gasteiger charge is 2.55. The van der Waals surface area contributed by atoms with Crippen LogP contribution < -0.4 is 5.32 Å². The Morgan fingerprint density at radius 3 is 2.36 bits per heavy atom. The lowest BCUT2D eigenvalue weighted by molar-refractivity contribution is -0.274. The van der Waals surface area contributed by atoms with Crippen molar-refractivity contribution in [1.82, 2.24) is 14.4 Å². The maximum absolute atomic E-state index is 14.7. The lowest BCUT2D eigenvalue weighted by Gasteiger charge is -2.55. The summed E-state index contributed by atoms with van der Waals surface area (Å²) in [5.74, 6) is -1.42. The number of nitrogens with zero attached hydrogens (tertiary/aromatic N) is 3. The van der Waals surface area contributed by atoms with E-state index in [1.54, 1.807) is 18.3 Å². The maximum Gasteiger partial charge on any atom is 0.308 e. The van der Waals surface area contributed by atoms with Crippen LogP contribution in [0, 0.1) is 11.8 Å². The minimum absolute atomic E-state index is 0.0235. The molecule has 2 aliphatic heterocycles. The Balaban J connectivity index is 1.23. The van der Waals surface area contributed by atoms with E-state index in [0.29, 0.717) is 65.1 Å². The van der Waals surface area contributed by atoms with Crippen molar-refractivity contribution < 1.29 is 23.9 Å².